The zero-order valence-electron chi connectivity index (χ0n) is 3.27. The molecule has 0 aromatic rings. The number of carbonyl (C=O) groups is 2. The number of carbonyl (C=O) groups excluding carboxylic acids is 2. The van der Waals surface area contributed by atoms with Crippen LogP contribution in [0.15, 0.2) is 0 Å². The Morgan fingerprint density at radius 2 is 2.00 bits per heavy atom. The van der Waals surface area contributed by atoms with Crippen molar-refractivity contribution < 1.29 is 14.1 Å². The third-order valence-corrected chi connectivity index (χ3v) is 0.310. The first kappa shape index (κ1) is 5.87. The summed E-state index contributed by atoms with van der Waals surface area (Å²) in [5.74, 6) is -2.76. The van der Waals surface area contributed by atoms with E-state index in [1.54, 1.807) is 0 Å². The van der Waals surface area contributed by atoms with Gasteiger partial charge in [0.25, 0.3) is 0 Å². The summed E-state index contributed by atoms with van der Waals surface area (Å²) in [5.41, 5.74) is 4.81. The van der Waals surface area contributed by atoms with Gasteiger partial charge in [0.1, 0.15) is 0 Å². The quantitative estimate of drug-likeness (QED) is 0.290. The van der Waals surface area contributed by atoms with Crippen LogP contribution < -0.4 is 11.3 Å². The first-order valence-corrected chi connectivity index (χ1v) is 1.39. The molecule has 0 aliphatic rings. The minimum Gasteiger partial charge on any atom is -0.361 e. The van der Waals surface area contributed by atoms with Crippen molar-refractivity contribution in [2.75, 3.05) is 0 Å². The molecule has 0 saturated heterocycles. The summed E-state index contributed by atoms with van der Waals surface area (Å²) in [4.78, 5) is 19.1. The molecule has 40 valence electrons. The Hall–Kier alpha value is -1.13. The van der Waals surface area contributed by atoms with Crippen molar-refractivity contribution >= 4 is 11.8 Å². The molecule has 0 aromatic carbocycles. The Balaban J connectivity index is 3.58. The predicted octanol–water partition coefficient (Wildman–Crippen LogP) is -1.53. The largest absolute Gasteiger partial charge is 0.361 e. The molecule has 0 radical (unpaired) electrons. The number of hydrogen-bond acceptors (Lipinski definition) is 2. The maximum absolute atomic E-state index is 10.7. The van der Waals surface area contributed by atoms with Crippen LogP contribution in [-0.2, 0) is 9.59 Å². The predicted molar refractivity (Wildman–Crippen MR) is 18.4 cm³/mol. The normalized spacial score (nSPS) is 7.57. The molecule has 0 aromatic heterocycles. The van der Waals surface area contributed by atoms with Crippen LogP contribution in [0.4, 0.5) is 4.48 Å². The van der Waals surface area contributed by atoms with Crippen LogP contribution in [0, 0.1) is 0 Å². The SMILES string of the molecule is NC(=O)C(=O)NF. The van der Waals surface area contributed by atoms with E-state index in [-0.39, 0.29) is 0 Å². The van der Waals surface area contributed by atoms with E-state index in [4.69, 9.17) is 0 Å². The Bertz CT molecular complexity index is 102. The van der Waals surface area contributed by atoms with Gasteiger partial charge in [0, 0.05) is 0 Å². The van der Waals surface area contributed by atoms with Crippen molar-refractivity contribution in [3.63, 3.8) is 0 Å². The minimum atomic E-state index is -1.43. The zero-order valence-corrected chi connectivity index (χ0v) is 3.27. The molecular formula is C2H3FN2O2. The summed E-state index contributed by atoms with van der Waals surface area (Å²) in [6.07, 6.45) is 0. The number of primary amides is 1. The molecule has 0 fully saturated rings. The lowest BCUT2D eigenvalue weighted by atomic mass is 10.6. The van der Waals surface area contributed by atoms with Crippen molar-refractivity contribution in [1.29, 1.82) is 0 Å². The van der Waals surface area contributed by atoms with Crippen LogP contribution in [0.25, 0.3) is 0 Å². The summed E-state index contributed by atoms with van der Waals surface area (Å²) in [5, 5.41) is 0. The van der Waals surface area contributed by atoms with E-state index in [2.05, 4.69) is 5.73 Å². The second-order valence-electron chi connectivity index (χ2n) is 0.788. The van der Waals surface area contributed by atoms with Gasteiger partial charge in [0.05, 0.1) is 0 Å². The van der Waals surface area contributed by atoms with Crippen molar-refractivity contribution in [1.82, 2.24) is 5.54 Å². The van der Waals surface area contributed by atoms with E-state index in [0.717, 1.165) is 0 Å². The van der Waals surface area contributed by atoms with Crippen molar-refractivity contribution in [2.45, 2.75) is 0 Å². The summed E-state index contributed by atoms with van der Waals surface area (Å²) in [6, 6.07) is 0. The summed E-state index contributed by atoms with van der Waals surface area (Å²) < 4.78 is 10.7. The lowest BCUT2D eigenvalue weighted by molar-refractivity contribution is -0.139. The average molecular weight is 106 g/mol. The number of amides is 2. The standard InChI is InChI=1S/C2H3FN2O2/c3-5-2(7)1(4)6/h(H2,4,6)(H,5,7). The fourth-order valence-corrected chi connectivity index (χ4v) is 0.0466. The van der Waals surface area contributed by atoms with Crippen LogP contribution in [0.1, 0.15) is 0 Å². The molecule has 4 nitrogen and oxygen atoms in total. The van der Waals surface area contributed by atoms with Gasteiger partial charge in [-0.1, -0.05) is 4.48 Å². The highest BCUT2D eigenvalue weighted by Crippen LogP contribution is 1.57. The number of nitrogens with one attached hydrogen (secondary N) is 1. The van der Waals surface area contributed by atoms with Crippen LogP contribution in [0.3, 0.4) is 0 Å². The molecule has 5 heteroatoms. The highest BCUT2D eigenvalue weighted by atomic mass is 19.2. The number of nitrogens with two attached hydrogens (primary N) is 1. The summed E-state index contributed by atoms with van der Waals surface area (Å²) in [7, 11) is 0. The molecule has 0 unspecified atom stereocenters. The van der Waals surface area contributed by atoms with Gasteiger partial charge in [-0.2, -0.15) is 5.54 Å². The smallest absolute Gasteiger partial charge is 0.336 e. The first-order chi connectivity index (χ1) is 3.18. The average Bonchev–Trinajstić information content (AvgIpc) is 1.65. The zero-order chi connectivity index (χ0) is 5.86. The first-order valence-electron chi connectivity index (χ1n) is 1.39. The van der Waals surface area contributed by atoms with Gasteiger partial charge in [0.2, 0.25) is 0 Å². The van der Waals surface area contributed by atoms with Gasteiger partial charge in [-0.25, -0.2) is 0 Å². The topological polar surface area (TPSA) is 72.2 Å². The summed E-state index contributed by atoms with van der Waals surface area (Å²) in [6.45, 7) is 0. The van der Waals surface area contributed by atoms with Gasteiger partial charge in [-0.15, -0.1) is 0 Å². The highest BCUT2D eigenvalue weighted by Gasteiger charge is 2.04. The Labute approximate surface area is 38.4 Å². The number of hydrogen-bond donors (Lipinski definition) is 2. The van der Waals surface area contributed by atoms with Gasteiger partial charge in [0.15, 0.2) is 0 Å². The molecule has 0 aliphatic carbocycles. The van der Waals surface area contributed by atoms with Gasteiger partial charge >= 0.3 is 11.8 Å². The third kappa shape index (κ3) is 1.69. The lowest BCUT2D eigenvalue weighted by Crippen LogP contribution is -2.30. The molecule has 0 rings (SSSR count). The van der Waals surface area contributed by atoms with Gasteiger partial charge < -0.3 is 5.73 Å². The highest BCUT2D eigenvalue weighted by molar-refractivity contribution is 6.34. The van der Waals surface area contributed by atoms with Gasteiger partial charge in [-0.05, 0) is 0 Å². The van der Waals surface area contributed by atoms with Crippen LogP contribution in [-0.4, -0.2) is 11.8 Å². The van der Waals surface area contributed by atoms with E-state index in [1.165, 1.54) is 0 Å². The molecule has 0 atom stereocenters. The van der Waals surface area contributed by atoms with Crippen LogP contribution in [0.2, 0.25) is 0 Å². The van der Waals surface area contributed by atoms with Gasteiger partial charge in [-0.3, -0.25) is 9.59 Å². The third-order valence-electron chi connectivity index (χ3n) is 0.310. The van der Waals surface area contributed by atoms with E-state index >= 15 is 0 Å². The second-order valence-corrected chi connectivity index (χ2v) is 0.788. The molecule has 0 saturated carbocycles. The number of rotatable bonds is 0. The maximum atomic E-state index is 10.7. The molecule has 0 aliphatic heterocycles. The molecular weight excluding hydrogens is 103 g/mol. The summed E-state index contributed by atoms with van der Waals surface area (Å²) >= 11 is 0. The monoisotopic (exact) mass is 106 g/mol. The Kier molecular flexibility index (Phi) is 1.78. The van der Waals surface area contributed by atoms with Crippen molar-refractivity contribution in [3.05, 3.63) is 0 Å². The fraction of sp³-hybridized carbons (Fsp3) is 0. The van der Waals surface area contributed by atoms with E-state index in [0.29, 0.717) is 5.54 Å². The molecule has 7 heavy (non-hydrogen) atoms. The van der Waals surface area contributed by atoms with E-state index < -0.39 is 11.8 Å². The molecule has 0 bridgehead atoms. The van der Waals surface area contributed by atoms with Crippen molar-refractivity contribution in [2.24, 2.45) is 5.73 Å². The Morgan fingerprint density at radius 3 is 2.00 bits per heavy atom. The lowest BCUT2D eigenvalue weighted by Gasteiger charge is -1.82. The Morgan fingerprint density at radius 1 is 1.57 bits per heavy atom. The molecule has 0 heterocycles. The molecule has 0 spiro atoms. The second kappa shape index (κ2) is 2.12. The number of halogens is 1. The fourth-order valence-electron chi connectivity index (χ4n) is 0.0466. The molecule has 3 N–H and O–H groups in total. The van der Waals surface area contributed by atoms with E-state index in [1.807, 2.05) is 0 Å². The minimum absolute atomic E-state index is 0.551. The van der Waals surface area contributed by atoms with Crippen LogP contribution >= 0.6 is 0 Å². The maximum Gasteiger partial charge on any atom is 0.336 e. The molecule has 2 amide bonds. The van der Waals surface area contributed by atoms with Crippen LogP contribution in [0.5, 0.6) is 0 Å². The van der Waals surface area contributed by atoms with E-state index in [9.17, 15) is 14.1 Å². The van der Waals surface area contributed by atoms with Crippen molar-refractivity contribution in [3.8, 4) is 0 Å².